The lowest BCUT2D eigenvalue weighted by atomic mass is 10.0. The average molecular weight is 240 g/mol. The summed E-state index contributed by atoms with van der Waals surface area (Å²) < 4.78 is 0. The van der Waals surface area contributed by atoms with Gasteiger partial charge in [0.15, 0.2) is 5.78 Å². The van der Waals surface area contributed by atoms with E-state index in [0.717, 1.165) is 32.5 Å². The molecule has 1 aliphatic rings. The van der Waals surface area contributed by atoms with Gasteiger partial charge in [0.05, 0.1) is 12.6 Å². The molecule has 3 nitrogen and oxygen atoms in total. The summed E-state index contributed by atoms with van der Waals surface area (Å²) in [5.41, 5.74) is 0. The van der Waals surface area contributed by atoms with Crippen LogP contribution in [0.5, 0.6) is 0 Å². The molecule has 0 aromatic rings. The van der Waals surface area contributed by atoms with E-state index in [9.17, 15) is 4.79 Å². The molecule has 0 amide bonds. The van der Waals surface area contributed by atoms with Crippen LogP contribution in [-0.4, -0.2) is 42.9 Å². The van der Waals surface area contributed by atoms with Crippen LogP contribution in [0.2, 0.25) is 0 Å². The summed E-state index contributed by atoms with van der Waals surface area (Å²) >= 11 is 0. The van der Waals surface area contributed by atoms with Crippen LogP contribution in [0.3, 0.4) is 0 Å². The van der Waals surface area contributed by atoms with E-state index in [4.69, 9.17) is 0 Å². The van der Waals surface area contributed by atoms with Crippen molar-refractivity contribution in [1.29, 1.82) is 0 Å². The maximum absolute atomic E-state index is 12.1. The fourth-order valence-electron chi connectivity index (χ4n) is 2.44. The molecule has 0 bridgehead atoms. The Bertz CT molecular complexity index is 210. The molecule has 0 spiro atoms. The maximum atomic E-state index is 12.1. The van der Waals surface area contributed by atoms with Gasteiger partial charge in [0.2, 0.25) is 0 Å². The van der Waals surface area contributed by atoms with Crippen molar-refractivity contribution in [2.24, 2.45) is 0 Å². The molecule has 1 aliphatic heterocycles. The Morgan fingerprint density at radius 1 is 1.24 bits per heavy atom. The second-order valence-corrected chi connectivity index (χ2v) is 5.04. The first-order valence-electron chi connectivity index (χ1n) is 7.27. The van der Waals surface area contributed by atoms with Gasteiger partial charge in [-0.05, 0) is 45.3 Å². The number of hydrogen-bond donors (Lipinski definition) is 1. The lowest BCUT2D eigenvalue weighted by Crippen LogP contribution is -2.44. The summed E-state index contributed by atoms with van der Waals surface area (Å²) in [4.78, 5) is 14.5. The van der Waals surface area contributed by atoms with Gasteiger partial charge in [-0.1, -0.05) is 26.7 Å². The normalized spacial score (nSPS) is 21.8. The molecule has 1 fully saturated rings. The Kier molecular flexibility index (Phi) is 7.45. The van der Waals surface area contributed by atoms with Crippen LogP contribution in [-0.2, 0) is 4.79 Å². The smallest absolute Gasteiger partial charge is 0.163 e. The molecular formula is C14H28N2O. The second-order valence-electron chi connectivity index (χ2n) is 5.04. The van der Waals surface area contributed by atoms with Crippen molar-refractivity contribution < 1.29 is 4.79 Å². The summed E-state index contributed by atoms with van der Waals surface area (Å²) in [6, 6.07) is 0.183. The zero-order valence-electron chi connectivity index (χ0n) is 11.5. The zero-order valence-corrected chi connectivity index (χ0v) is 11.5. The van der Waals surface area contributed by atoms with Crippen LogP contribution in [0.4, 0.5) is 0 Å². The highest BCUT2D eigenvalue weighted by molar-refractivity contribution is 5.86. The molecule has 0 radical (unpaired) electrons. The Balaban J connectivity index is 2.54. The topological polar surface area (TPSA) is 32.3 Å². The number of ketones is 1. The van der Waals surface area contributed by atoms with Gasteiger partial charge in [0, 0.05) is 0 Å². The van der Waals surface area contributed by atoms with Gasteiger partial charge >= 0.3 is 0 Å². The largest absolute Gasteiger partial charge is 0.310 e. The van der Waals surface area contributed by atoms with Gasteiger partial charge in [0.1, 0.15) is 0 Å². The predicted molar refractivity (Wildman–Crippen MR) is 72.3 cm³/mol. The van der Waals surface area contributed by atoms with Crippen LogP contribution < -0.4 is 5.32 Å². The third kappa shape index (κ3) is 5.17. The van der Waals surface area contributed by atoms with Crippen LogP contribution in [0, 0.1) is 0 Å². The zero-order chi connectivity index (χ0) is 12.5. The van der Waals surface area contributed by atoms with Crippen molar-refractivity contribution in [3.05, 3.63) is 0 Å². The van der Waals surface area contributed by atoms with Gasteiger partial charge in [-0.15, -0.1) is 0 Å². The van der Waals surface area contributed by atoms with Gasteiger partial charge in [-0.2, -0.15) is 0 Å². The van der Waals surface area contributed by atoms with E-state index in [1.165, 1.54) is 25.7 Å². The van der Waals surface area contributed by atoms with E-state index in [1.807, 2.05) is 0 Å². The Hall–Kier alpha value is -0.410. The minimum atomic E-state index is 0.183. The molecule has 1 saturated heterocycles. The van der Waals surface area contributed by atoms with Crippen LogP contribution in [0.25, 0.3) is 0 Å². The molecule has 1 rings (SSSR count). The number of nitrogens with one attached hydrogen (secondary N) is 1. The Morgan fingerprint density at radius 2 is 1.88 bits per heavy atom. The van der Waals surface area contributed by atoms with Gasteiger partial charge < -0.3 is 5.32 Å². The van der Waals surface area contributed by atoms with Crippen molar-refractivity contribution in [1.82, 2.24) is 10.2 Å². The van der Waals surface area contributed by atoms with E-state index in [-0.39, 0.29) is 6.04 Å². The van der Waals surface area contributed by atoms with E-state index >= 15 is 0 Å². The summed E-state index contributed by atoms with van der Waals surface area (Å²) in [5, 5.41) is 3.22. The van der Waals surface area contributed by atoms with Crippen molar-refractivity contribution in [2.45, 2.75) is 58.4 Å². The van der Waals surface area contributed by atoms with E-state index in [0.29, 0.717) is 12.3 Å². The molecule has 0 aromatic heterocycles. The molecule has 0 saturated carbocycles. The number of hydrogen-bond acceptors (Lipinski definition) is 3. The second kappa shape index (κ2) is 8.65. The van der Waals surface area contributed by atoms with Crippen molar-refractivity contribution in [3.8, 4) is 0 Å². The van der Waals surface area contributed by atoms with Gasteiger partial charge in [0.25, 0.3) is 0 Å². The SMILES string of the molecule is CCCCN(CCCC)C1CCCNCC1=O. The number of Topliss-reactive ketones (excluding diaryl/α,β-unsaturated/α-hetero) is 1. The van der Waals surface area contributed by atoms with E-state index < -0.39 is 0 Å². The third-order valence-corrected chi connectivity index (χ3v) is 3.54. The first kappa shape index (κ1) is 14.7. The number of carbonyl (C=O) groups is 1. The summed E-state index contributed by atoms with van der Waals surface area (Å²) in [5.74, 6) is 0.398. The number of unbranched alkanes of at least 4 members (excludes halogenated alkanes) is 2. The third-order valence-electron chi connectivity index (χ3n) is 3.54. The fraction of sp³-hybridized carbons (Fsp3) is 0.929. The number of rotatable bonds is 7. The molecule has 17 heavy (non-hydrogen) atoms. The molecule has 3 heteroatoms. The first-order chi connectivity index (χ1) is 8.29. The lowest BCUT2D eigenvalue weighted by Gasteiger charge is -2.29. The summed E-state index contributed by atoms with van der Waals surface area (Å²) in [7, 11) is 0. The monoisotopic (exact) mass is 240 g/mol. The minimum Gasteiger partial charge on any atom is -0.310 e. The van der Waals surface area contributed by atoms with E-state index in [2.05, 4.69) is 24.1 Å². The Morgan fingerprint density at radius 3 is 2.47 bits per heavy atom. The van der Waals surface area contributed by atoms with Crippen molar-refractivity contribution in [2.75, 3.05) is 26.2 Å². The van der Waals surface area contributed by atoms with Crippen LogP contribution in [0.1, 0.15) is 52.4 Å². The summed E-state index contributed by atoms with van der Waals surface area (Å²) in [6.07, 6.45) is 7.01. The maximum Gasteiger partial charge on any atom is 0.163 e. The molecule has 1 N–H and O–H groups in total. The molecule has 0 aliphatic carbocycles. The van der Waals surface area contributed by atoms with Crippen LogP contribution >= 0.6 is 0 Å². The van der Waals surface area contributed by atoms with Crippen LogP contribution in [0.15, 0.2) is 0 Å². The predicted octanol–water partition coefficient (Wildman–Crippen LogP) is 2.21. The number of nitrogens with zero attached hydrogens (tertiary/aromatic N) is 1. The average Bonchev–Trinajstić information content (AvgIpc) is 2.55. The number of carbonyl (C=O) groups excluding carboxylic acids is 1. The minimum absolute atomic E-state index is 0.183. The van der Waals surface area contributed by atoms with Gasteiger partial charge in [-0.25, -0.2) is 0 Å². The molecule has 100 valence electrons. The first-order valence-corrected chi connectivity index (χ1v) is 7.27. The van der Waals surface area contributed by atoms with Crippen molar-refractivity contribution >= 4 is 5.78 Å². The highest BCUT2D eigenvalue weighted by atomic mass is 16.1. The standard InChI is InChI=1S/C14H28N2O/c1-3-5-10-16(11-6-4-2)13-8-7-9-15-12-14(13)17/h13,15H,3-12H2,1-2H3. The quantitative estimate of drug-likeness (QED) is 0.740. The molecule has 1 unspecified atom stereocenters. The van der Waals surface area contributed by atoms with Gasteiger partial charge in [-0.3, -0.25) is 9.69 Å². The fourth-order valence-corrected chi connectivity index (χ4v) is 2.44. The summed E-state index contributed by atoms with van der Waals surface area (Å²) in [6.45, 7) is 8.18. The molecule has 0 aromatic carbocycles. The Labute approximate surface area is 106 Å². The lowest BCUT2D eigenvalue weighted by molar-refractivity contribution is -0.123. The highest BCUT2D eigenvalue weighted by Gasteiger charge is 2.25. The van der Waals surface area contributed by atoms with Crippen molar-refractivity contribution in [3.63, 3.8) is 0 Å². The molecular weight excluding hydrogens is 212 g/mol. The highest BCUT2D eigenvalue weighted by Crippen LogP contribution is 2.13. The molecule has 1 atom stereocenters. The molecule has 1 heterocycles. The van der Waals surface area contributed by atoms with E-state index in [1.54, 1.807) is 0 Å².